The Morgan fingerprint density at radius 3 is 2.68 bits per heavy atom. The summed E-state index contributed by atoms with van der Waals surface area (Å²) in [6.07, 6.45) is 0. The molecule has 0 radical (unpaired) electrons. The summed E-state index contributed by atoms with van der Waals surface area (Å²) in [5.41, 5.74) is 1.19. The van der Waals surface area contributed by atoms with Gasteiger partial charge in [-0.15, -0.1) is 0 Å². The van der Waals surface area contributed by atoms with Crippen LogP contribution in [-0.2, 0) is 11.3 Å². The van der Waals surface area contributed by atoms with Gasteiger partial charge in [-0.25, -0.2) is 8.78 Å². The minimum atomic E-state index is -0.637. The summed E-state index contributed by atoms with van der Waals surface area (Å²) >= 11 is 1.69. The molecule has 1 N–H and O–H groups in total. The quantitative estimate of drug-likeness (QED) is 0.884. The van der Waals surface area contributed by atoms with Gasteiger partial charge in [0.25, 0.3) is 0 Å². The third-order valence-corrected chi connectivity index (χ3v) is 5.24. The number of benzene rings is 1. The number of halogens is 2. The van der Waals surface area contributed by atoms with E-state index in [-0.39, 0.29) is 11.6 Å². The van der Waals surface area contributed by atoms with Crippen molar-refractivity contribution in [2.75, 3.05) is 31.5 Å². The molecule has 0 unspecified atom stereocenters. The fraction of sp³-hybridized carbons (Fsp3) is 0.389. The largest absolute Gasteiger partial charge is 0.322 e. The van der Waals surface area contributed by atoms with Crippen LogP contribution in [0.1, 0.15) is 12.5 Å². The number of hydrogen-bond acceptors (Lipinski definition) is 4. The predicted molar refractivity (Wildman–Crippen MR) is 95.6 cm³/mol. The van der Waals surface area contributed by atoms with Gasteiger partial charge in [0.05, 0.1) is 11.7 Å². The van der Waals surface area contributed by atoms with Crippen molar-refractivity contribution in [2.45, 2.75) is 19.5 Å². The normalized spacial score (nSPS) is 17.4. The molecule has 2 aromatic rings. The maximum Gasteiger partial charge on any atom is 0.241 e. The van der Waals surface area contributed by atoms with Crippen molar-refractivity contribution in [3.63, 3.8) is 0 Å². The van der Waals surface area contributed by atoms with Crippen LogP contribution in [0.15, 0.2) is 35.0 Å². The standard InChI is InChI=1S/C18H21F2N3OS/c1-13(18(24)21-17-10-15(19)2-3-16(17)20)23-7-5-22(6-8-23)11-14-4-9-25-12-14/h2-4,9-10,12-13H,5-8,11H2,1H3,(H,21,24)/t13-/m0/s1. The van der Waals surface area contributed by atoms with E-state index < -0.39 is 17.7 Å². The summed E-state index contributed by atoms with van der Waals surface area (Å²) < 4.78 is 26.9. The van der Waals surface area contributed by atoms with Gasteiger partial charge < -0.3 is 5.32 Å². The smallest absolute Gasteiger partial charge is 0.241 e. The third-order valence-electron chi connectivity index (χ3n) is 4.51. The molecule has 3 rings (SSSR count). The number of hydrogen-bond donors (Lipinski definition) is 1. The van der Waals surface area contributed by atoms with Crippen LogP contribution in [0.25, 0.3) is 0 Å². The lowest BCUT2D eigenvalue weighted by Gasteiger charge is -2.37. The van der Waals surface area contributed by atoms with Crippen LogP contribution in [0.4, 0.5) is 14.5 Å². The molecule has 1 atom stereocenters. The van der Waals surface area contributed by atoms with E-state index in [0.717, 1.165) is 50.9 Å². The van der Waals surface area contributed by atoms with Gasteiger partial charge in [0.1, 0.15) is 11.6 Å². The highest BCUT2D eigenvalue weighted by Crippen LogP contribution is 2.17. The molecule has 1 aromatic carbocycles. The summed E-state index contributed by atoms with van der Waals surface area (Å²) in [7, 11) is 0. The molecular weight excluding hydrogens is 344 g/mol. The second-order valence-electron chi connectivity index (χ2n) is 6.23. The highest BCUT2D eigenvalue weighted by Gasteiger charge is 2.26. The van der Waals surface area contributed by atoms with Crippen molar-refractivity contribution in [1.82, 2.24) is 9.80 Å². The number of nitrogens with zero attached hydrogens (tertiary/aromatic N) is 2. The predicted octanol–water partition coefficient (Wildman–Crippen LogP) is 3.17. The lowest BCUT2D eigenvalue weighted by molar-refractivity contribution is -0.121. The molecule has 0 aliphatic carbocycles. The van der Waals surface area contributed by atoms with E-state index in [0.29, 0.717) is 0 Å². The van der Waals surface area contributed by atoms with Gasteiger partial charge in [0.15, 0.2) is 0 Å². The van der Waals surface area contributed by atoms with Gasteiger partial charge in [-0.05, 0) is 41.4 Å². The van der Waals surface area contributed by atoms with Crippen LogP contribution < -0.4 is 5.32 Å². The number of carbonyl (C=O) groups is 1. The summed E-state index contributed by atoms with van der Waals surface area (Å²) in [6, 6.07) is 4.77. The Labute approximate surface area is 150 Å². The highest BCUT2D eigenvalue weighted by atomic mass is 32.1. The average molecular weight is 365 g/mol. The molecule has 134 valence electrons. The van der Waals surface area contributed by atoms with Crippen molar-refractivity contribution in [2.24, 2.45) is 0 Å². The summed E-state index contributed by atoms with van der Waals surface area (Å²) in [5, 5.41) is 6.71. The zero-order valence-electron chi connectivity index (χ0n) is 14.0. The number of anilines is 1. The van der Waals surface area contributed by atoms with E-state index in [4.69, 9.17) is 0 Å². The number of carbonyl (C=O) groups excluding carboxylic acids is 1. The Morgan fingerprint density at radius 2 is 2.00 bits per heavy atom. The highest BCUT2D eigenvalue weighted by molar-refractivity contribution is 7.07. The zero-order chi connectivity index (χ0) is 17.8. The summed E-state index contributed by atoms with van der Waals surface area (Å²) in [5.74, 6) is -1.54. The molecule has 0 spiro atoms. The number of rotatable bonds is 5. The second-order valence-corrected chi connectivity index (χ2v) is 7.01. The van der Waals surface area contributed by atoms with E-state index >= 15 is 0 Å². The van der Waals surface area contributed by atoms with E-state index in [2.05, 4.69) is 31.9 Å². The molecule has 1 aromatic heterocycles. The van der Waals surface area contributed by atoms with Gasteiger partial charge >= 0.3 is 0 Å². The molecule has 2 heterocycles. The van der Waals surface area contributed by atoms with Crippen LogP contribution in [0, 0.1) is 11.6 Å². The van der Waals surface area contributed by atoms with Gasteiger partial charge in [0, 0.05) is 38.8 Å². The topological polar surface area (TPSA) is 35.6 Å². The van der Waals surface area contributed by atoms with Gasteiger partial charge in [-0.2, -0.15) is 11.3 Å². The number of thiophene rings is 1. The van der Waals surface area contributed by atoms with E-state index in [1.807, 2.05) is 0 Å². The van der Waals surface area contributed by atoms with Crippen molar-refractivity contribution >= 4 is 22.9 Å². The van der Waals surface area contributed by atoms with Crippen LogP contribution in [0.2, 0.25) is 0 Å². The summed E-state index contributed by atoms with van der Waals surface area (Å²) in [6.45, 7) is 6.01. The van der Waals surface area contributed by atoms with Crippen molar-refractivity contribution in [1.29, 1.82) is 0 Å². The molecule has 4 nitrogen and oxygen atoms in total. The van der Waals surface area contributed by atoms with E-state index in [9.17, 15) is 13.6 Å². The Balaban J connectivity index is 1.52. The van der Waals surface area contributed by atoms with E-state index in [1.165, 1.54) is 5.56 Å². The number of piperazine rings is 1. The molecule has 7 heteroatoms. The lowest BCUT2D eigenvalue weighted by Crippen LogP contribution is -2.52. The molecule has 1 amide bonds. The van der Waals surface area contributed by atoms with Gasteiger partial charge in [0.2, 0.25) is 5.91 Å². The molecule has 1 saturated heterocycles. The Hall–Kier alpha value is -1.83. The van der Waals surface area contributed by atoms with Gasteiger partial charge in [-0.1, -0.05) is 0 Å². The second kappa shape index (κ2) is 8.03. The van der Waals surface area contributed by atoms with Gasteiger partial charge in [-0.3, -0.25) is 14.6 Å². The molecular formula is C18H21F2N3OS. The lowest BCUT2D eigenvalue weighted by atomic mass is 10.2. The number of nitrogens with one attached hydrogen (secondary N) is 1. The monoisotopic (exact) mass is 365 g/mol. The molecule has 0 saturated carbocycles. The van der Waals surface area contributed by atoms with Crippen LogP contribution in [0.5, 0.6) is 0 Å². The zero-order valence-corrected chi connectivity index (χ0v) is 14.9. The van der Waals surface area contributed by atoms with Crippen molar-refractivity contribution in [3.05, 3.63) is 52.2 Å². The van der Waals surface area contributed by atoms with Crippen LogP contribution in [-0.4, -0.2) is 47.9 Å². The fourth-order valence-corrected chi connectivity index (χ4v) is 3.61. The first kappa shape index (κ1) is 18.0. The minimum Gasteiger partial charge on any atom is -0.322 e. The third kappa shape index (κ3) is 4.62. The molecule has 25 heavy (non-hydrogen) atoms. The Bertz CT molecular complexity index is 715. The maximum atomic E-state index is 13.7. The Morgan fingerprint density at radius 1 is 1.24 bits per heavy atom. The fourth-order valence-electron chi connectivity index (χ4n) is 2.95. The summed E-state index contributed by atoms with van der Waals surface area (Å²) in [4.78, 5) is 16.8. The molecule has 1 aliphatic heterocycles. The van der Waals surface area contributed by atoms with Crippen LogP contribution in [0.3, 0.4) is 0 Å². The first-order valence-electron chi connectivity index (χ1n) is 8.26. The molecule has 1 fully saturated rings. The average Bonchev–Trinajstić information content (AvgIpc) is 3.11. The van der Waals surface area contributed by atoms with Crippen molar-refractivity contribution in [3.8, 4) is 0 Å². The minimum absolute atomic E-state index is 0.118. The maximum absolute atomic E-state index is 13.7. The molecule has 1 aliphatic rings. The SMILES string of the molecule is C[C@@H](C(=O)Nc1cc(F)ccc1F)N1CCN(Cc2ccsc2)CC1. The van der Waals surface area contributed by atoms with E-state index in [1.54, 1.807) is 18.3 Å². The van der Waals surface area contributed by atoms with Crippen molar-refractivity contribution < 1.29 is 13.6 Å². The number of amides is 1. The first-order valence-corrected chi connectivity index (χ1v) is 9.20. The first-order chi connectivity index (χ1) is 12.0. The molecule has 0 bridgehead atoms. The van der Waals surface area contributed by atoms with Crippen LogP contribution >= 0.6 is 11.3 Å². The Kier molecular flexibility index (Phi) is 5.78.